The fourth-order valence-electron chi connectivity index (χ4n) is 4.00. The van der Waals surface area contributed by atoms with Gasteiger partial charge in [0.25, 0.3) is 5.69 Å². The van der Waals surface area contributed by atoms with E-state index in [1.165, 1.54) is 5.56 Å². The van der Waals surface area contributed by atoms with E-state index in [0.29, 0.717) is 18.4 Å². The van der Waals surface area contributed by atoms with E-state index < -0.39 is 0 Å². The molecule has 2 aromatic carbocycles. The minimum Gasteiger partial charge on any atom is -0.492 e. The lowest BCUT2D eigenvalue weighted by Crippen LogP contribution is -2.29. The molecule has 0 saturated heterocycles. The number of rotatable bonds is 4. The van der Waals surface area contributed by atoms with Crippen LogP contribution in [0.15, 0.2) is 54.6 Å². The summed E-state index contributed by atoms with van der Waals surface area (Å²) < 4.78 is 5.81. The van der Waals surface area contributed by atoms with Crippen LogP contribution in [0.5, 0.6) is 5.75 Å². The highest BCUT2D eigenvalue weighted by Gasteiger charge is 2.39. The molecule has 0 aromatic heterocycles. The van der Waals surface area contributed by atoms with Gasteiger partial charge in [-0.15, -0.1) is 0 Å². The first-order chi connectivity index (χ1) is 12.2. The van der Waals surface area contributed by atoms with Crippen molar-refractivity contribution < 1.29 is 9.66 Å². The van der Waals surface area contributed by atoms with Crippen molar-refractivity contribution in [2.75, 3.05) is 11.9 Å². The summed E-state index contributed by atoms with van der Waals surface area (Å²) in [5.41, 5.74) is 3.50. The van der Waals surface area contributed by atoms with E-state index in [1.807, 2.05) is 31.2 Å². The number of benzene rings is 2. The summed E-state index contributed by atoms with van der Waals surface area (Å²) in [5.74, 6) is 1.62. The van der Waals surface area contributed by atoms with Gasteiger partial charge in [0.05, 0.1) is 23.3 Å². The minimum absolute atomic E-state index is 0.106. The van der Waals surface area contributed by atoms with Gasteiger partial charge in [0, 0.05) is 18.1 Å². The Morgan fingerprint density at radius 3 is 2.76 bits per heavy atom. The second kappa shape index (κ2) is 6.24. The topological polar surface area (TPSA) is 64.4 Å². The molecule has 5 nitrogen and oxygen atoms in total. The van der Waals surface area contributed by atoms with Gasteiger partial charge in [-0.1, -0.05) is 36.4 Å². The monoisotopic (exact) mass is 336 g/mol. The van der Waals surface area contributed by atoms with E-state index in [2.05, 4.69) is 23.5 Å². The van der Waals surface area contributed by atoms with Crippen LogP contribution in [0, 0.1) is 16.0 Å². The third-order valence-electron chi connectivity index (χ3n) is 5.12. The summed E-state index contributed by atoms with van der Waals surface area (Å²) in [6.45, 7) is 2.60. The number of anilines is 1. The Morgan fingerprint density at radius 2 is 2.04 bits per heavy atom. The Bertz CT molecular complexity index is 829. The fraction of sp³-hybridized carbons (Fsp3) is 0.300. The van der Waals surface area contributed by atoms with Crippen molar-refractivity contribution in [1.29, 1.82) is 0 Å². The molecule has 5 heteroatoms. The Kier molecular flexibility index (Phi) is 3.92. The predicted octanol–water partition coefficient (Wildman–Crippen LogP) is 4.82. The highest BCUT2D eigenvalue weighted by atomic mass is 16.6. The summed E-state index contributed by atoms with van der Waals surface area (Å²) in [6, 6.07) is 13.2. The predicted molar refractivity (Wildman–Crippen MR) is 97.1 cm³/mol. The average molecular weight is 336 g/mol. The largest absolute Gasteiger partial charge is 0.492 e. The molecule has 0 amide bonds. The summed E-state index contributed by atoms with van der Waals surface area (Å²) >= 11 is 0. The van der Waals surface area contributed by atoms with Crippen LogP contribution in [0.4, 0.5) is 11.4 Å². The zero-order valence-corrected chi connectivity index (χ0v) is 14.0. The van der Waals surface area contributed by atoms with Crippen molar-refractivity contribution in [1.82, 2.24) is 0 Å². The molecule has 1 aliphatic heterocycles. The van der Waals surface area contributed by atoms with Gasteiger partial charge in [-0.05, 0) is 36.5 Å². The standard InChI is InChI=1S/C20H20N2O3/c1-2-25-18-8-4-7-17-15-5-3-6-16(15)19(21-20(17)18)13-9-11-14(12-10-13)22(23)24/h3-5,7-12,15-16,19,21H,2,6H2,1H3/t15?,16?,19-/m1/s1. The van der Waals surface area contributed by atoms with Crippen LogP contribution < -0.4 is 10.1 Å². The zero-order chi connectivity index (χ0) is 17.4. The maximum absolute atomic E-state index is 10.9. The molecular formula is C20H20N2O3. The zero-order valence-electron chi connectivity index (χ0n) is 14.0. The molecule has 0 fully saturated rings. The number of allylic oxidation sites excluding steroid dienone is 2. The Hall–Kier alpha value is -2.82. The van der Waals surface area contributed by atoms with Crippen LogP contribution >= 0.6 is 0 Å². The van der Waals surface area contributed by atoms with Crippen LogP contribution in [-0.4, -0.2) is 11.5 Å². The van der Waals surface area contributed by atoms with Crippen LogP contribution in [0.1, 0.15) is 36.4 Å². The Balaban J connectivity index is 1.74. The van der Waals surface area contributed by atoms with Gasteiger partial charge in [0.1, 0.15) is 5.75 Å². The second-order valence-corrected chi connectivity index (χ2v) is 6.48. The lowest BCUT2D eigenvalue weighted by atomic mass is 9.77. The summed E-state index contributed by atoms with van der Waals surface area (Å²) in [5, 5.41) is 14.6. The molecule has 2 unspecified atom stereocenters. The number of nitro benzene ring substituents is 1. The molecule has 0 saturated carbocycles. The van der Waals surface area contributed by atoms with E-state index >= 15 is 0 Å². The summed E-state index contributed by atoms with van der Waals surface area (Å²) in [7, 11) is 0. The van der Waals surface area contributed by atoms with Crippen LogP contribution in [-0.2, 0) is 0 Å². The number of nitrogens with one attached hydrogen (secondary N) is 1. The van der Waals surface area contributed by atoms with Crippen molar-refractivity contribution in [2.45, 2.75) is 25.3 Å². The quantitative estimate of drug-likeness (QED) is 0.494. The third-order valence-corrected chi connectivity index (χ3v) is 5.12. The van der Waals surface area contributed by atoms with Crippen LogP contribution in [0.25, 0.3) is 0 Å². The van der Waals surface area contributed by atoms with Gasteiger partial charge in [-0.2, -0.15) is 0 Å². The smallest absolute Gasteiger partial charge is 0.269 e. The van der Waals surface area contributed by atoms with Gasteiger partial charge < -0.3 is 10.1 Å². The number of nitro groups is 1. The summed E-state index contributed by atoms with van der Waals surface area (Å²) in [4.78, 5) is 10.6. The second-order valence-electron chi connectivity index (χ2n) is 6.48. The van der Waals surface area contributed by atoms with Gasteiger partial charge >= 0.3 is 0 Å². The minimum atomic E-state index is -0.361. The first kappa shape index (κ1) is 15.7. The maximum Gasteiger partial charge on any atom is 0.269 e. The molecule has 3 atom stereocenters. The third kappa shape index (κ3) is 2.65. The van der Waals surface area contributed by atoms with Crippen molar-refractivity contribution in [3.8, 4) is 5.75 Å². The fourth-order valence-corrected chi connectivity index (χ4v) is 4.00. The molecule has 2 aliphatic rings. The van der Waals surface area contributed by atoms with E-state index in [4.69, 9.17) is 4.74 Å². The van der Waals surface area contributed by atoms with Gasteiger partial charge in [0.15, 0.2) is 0 Å². The molecule has 0 bridgehead atoms. The summed E-state index contributed by atoms with van der Waals surface area (Å²) in [6.07, 6.45) is 5.51. The molecule has 1 aliphatic carbocycles. The maximum atomic E-state index is 10.9. The molecule has 0 spiro atoms. The lowest BCUT2D eigenvalue weighted by molar-refractivity contribution is -0.384. The van der Waals surface area contributed by atoms with Gasteiger partial charge in [0.2, 0.25) is 0 Å². The Labute approximate surface area is 146 Å². The number of hydrogen-bond donors (Lipinski definition) is 1. The molecule has 2 aromatic rings. The van der Waals surface area contributed by atoms with E-state index in [-0.39, 0.29) is 16.7 Å². The highest BCUT2D eigenvalue weighted by Crippen LogP contribution is 2.52. The van der Waals surface area contributed by atoms with E-state index in [1.54, 1.807) is 12.1 Å². The molecule has 4 rings (SSSR count). The normalized spacial score (nSPS) is 23.5. The number of fused-ring (bicyclic) bond motifs is 3. The number of ether oxygens (including phenoxy) is 1. The number of para-hydroxylation sites is 1. The van der Waals surface area contributed by atoms with E-state index in [9.17, 15) is 10.1 Å². The number of non-ortho nitro benzene ring substituents is 1. The molecular weight excluding hydrogens is 316 g/mol. The Morgan fingerprint density at radius 1 is 1.24 bits per heavy atom. The average Bonchev–Trinajstić information content (AvgIpc) is 3.12. The molecule has 1 N–H and O–H groups in total. The molecule has 25 heavy (non-hydrogen) atoms. The van der Waals surface area contributed by atoms with Crippen molar-refractivity contribution in [2.24, 2.45) is 5.92 Å². The molecule has 128 valence electrons. The highest BCUT2D eigenvalue weighted by molar-refractivity contribution is 5.67. The van der Waals surface area contributed by atoms with Crippen molar-refractivity contribution in [3.05, 3.63) is 75.9 Å². The molecule has 1 heterocycles. The number of nitrogens with zero attached hydrogens (tertiary/aromatic N) is 1. The lowest BCUT2D eigenvalue weighted by Gasteiger charge is -2.38. The first-order valence-electron chi connectivity index (χ1n) is 8.62. The van der Waals surface area contributed by atoms with E-state index in [0.717, 1.165) is 23.4 Å². The SMILES string of the molecule is CCOc1cccc2c1N[C@H](c1ccc([N+](=O)[O-])cc1)C1CC=CC21. The van der Waals surface area contributed by atoms with Gasteiger partial charge in [-0.25, -0.2) is 0 Å². The van der Waals surface area contributed by atoms with Crippen LogP contribution in [0.2, 0.25) is 0 Å². The first-order valence-corrected chi connectivity index (χ1v) is 8.62. The number of hydrogen-bond acceptors (Lipinski definition) is 4. The van der Waals surface area contributed by atoms with Crippen molar-refractivity contribution in [3.63, 3.8) is 0 Å². The van der Waals surface area contributed by atoms with Crippen molar-refractivity contribution >= 4 is 11.4 Å². The van der Waals surface area contributed by atoms with Gasteiger partial charge in [-0.3, -0.25) is 10.1 Å². The van der Waals surface area contributed by atoms with Crippen LogP contribution in [0.3, 0.4) is 0 Å². The molecule has 0 radical (unpaired) electrons.